The van der Waals surface area contributed by atoms with Crippen molar-refractivity contribution in [3.8, 4) is 17.1 Å². The number of para-hydroxylation sites is 1. The number of carbonyl (C=O) groups is 3. The van der Waals surface area contributed by atoms with Gasteiger partial charge >= 0.3 is 11.9 Å². The van der Waals surface area contributed by atoms with Gasteiger partial charge in [-0.1, -0.05) is 35.9 Å². The number of thiocarbonyl (C=S) groups is 1. The Morgan fingerprint density at radius 3 is 2.71 bits per heavy atom. The predicted molar refractivity (Wildman–Crippen MR) is 155 cm³/mol. The fraction of sp³-hybridized carbons (Fsp3) is 0.179. The second-order valence-electron chi connectivity index (χ2n) is 8.61. The minimum absolute atomic E-state index is 0.0159. The van der Waals surface area contributed by atoms with Crippen LogP contribution in [0.5, 0.6) is 5.75 Å². The molecule has 0 bridgehead atoms. The molecule has 1 atom stereocenters. The Labute approximate surface area is 245 Å². The Morgan fingerprint density at radius 2 is 1.98 bits per heavy atom. The van der Waals surface area contributed by atoms with E-state index in [1.165, 1.54) is 18.3 Å². The van der Waals surface area contributed by atoms with Crippen LogP contribution in [-0.2, 0) is 14.3 Å². The van der Waals surface area contributed by atoms with Crippen molar-refractivity contribution < 1.29 is 33.4 Å². The highest BCUT2D eigenvalue weighted by Crippen LogP contribution is 2.33. The van der Waals surface area contributed by atoms with E-state index in [2.05, 4.69) is 21.2 Å². The lowest BCUT2D eigenvalue weighted by Crippen LogP contribution is -2.45. The summed E-state index contributed by atoms with van der Waals surface area (Å²) in [4.78, 5) is 36.3. The number of esters is 1. The van der Waals surface area contributed by atoms with Gasteiger partial charge in [-0.2, -0.15) is 5.10 Å². The molecule has 2 heterocycles. The molecule has 1 aliphatic heterocycles. The zero-order chi connectivity index (χ0) is 29.5. The summed E-state index contributed by atoms with van der Waals surface area (Å²) in [5.74, 6) is -1.02. The average Bonchev–Trinajstić information content (AvgIpc) is 3.40. The molecule has 3 aromatic rings. The molecule has 0 spiro atoms. The number of hydrazone groups is 1. The number of carboxylic acid groups (broad SMARTS) is 1. The highest BCUT2D eigenvalue weighted by Gasteiger charge is 2.32. The predicted octanol–water partition coefficient (Wildman–Crippen LogP) is 4.18. The van der Waals surface area contributed by atoms with Crippen LogP contribution in [0.3, 0.4) is 0 Å². The smallest absolute Gasteiger partial charge is 0.338 e. The van der Waals surface area contributed by atoms with Crippen LogP contribution in [0.2, 0.25) is 5.02 Å². The van der Waals surface area contributed by atoms with Crippen LogP contribution >= 0.6 is 23.8 Å². The standard InChI is InChI=1S/C28H25ClN4O7S/c1-3-38-27(37)24-15(2)31-28(41)32-25(24)19-6-4-5-7-22(19)39-14-23(34)33-30-13-17-9-11-21(40-17)16-8-10-18(26(35)36)20(29)12-16/h4-13,25H,3,14H2,1-2H3,(H,33,34)(H,35,36)(H2,31,32,41)/t25-/m0/s1. The number of carboxylic acids is 1. The van der Waals surface area contributed by atoms with Crippen LogP contribution in [-0.4, -0.2) is 47.5 Å². The molecule has 13 heteroatoms. The number of nitrogens with zero attached hydrogens (tertiary/aromatic N) is 1. The summed E-state index contributed by atoms with van der Waals surface area (Å²) >= 11 is 11.3. The van der Waals surface area contributed by atoms with Gasteiger partial charge in [0.1, 0.15) is 17.3 Å². The lowest BCUT2D eigenvalue weighted by molar-refractivity contribution is -0.139. The van der Waals surface area contributed by atoms with Gasteiger partial charge in [-0.3, -0.25) is 4.79 Å². The Kier molecular flexibility index (Phi) is 9.37. The summed E-state index contributed by atoms with van der Waals surface area (Å²) in [5, 5.41) is 19.4. The summed E-state index contributed by atoms with van der Waals surface area (Å²) < 4.78 is 16.7. The molecule has 4 rings (SSSR count). The van der Waals surface area contributed by atoms with Crippen LogP contribution in [0.15, 0.2) is 75.4 Å². The molecule has 1 amide bonds. The van der Waals surface area contributed by atoms with E-state index in [1.54, 1.807) is 56.3 Å². The van der Waals surface area contributed by atoms with Crippen molar-refractivity contribution in [3.63, 3.8) is 0 Å². The number of amides is 1. The Balaban J connectivity index is 1.39. The number of aromatic carboxylic acids is 1. The van der Waals surface area contributed by atoms with Gasteiger partial charge in [0, 0.05) is 16.8 Å². The zero-order valence-corrected chi connectivity index (χ0v) is 23.5. The first-order chi connectivity index (χ1) is 19.7. The summed E-state index contributed by atoms with van der Waals surface area (Å²) in [5.41, 5.74) is 4.43. The van der Waals surface area contributed by atoms with Gasteiger partial charge in [0.15, 0.2) is 11.7 Å². The van der Waals surface area contributed by atoms with Crippen LogP contribution in [0.4, 0.5) is 0 Å². The highest BCUT2D eigenvalue weighted by atomic mass is 35.5. The Morgan fingerprint density at radius 1 is 1.20 bits per heavy atom. The molecular weight excluding hydrogens is 572 g/mol. The monoisotopic (exact) mass is 596 g/mol. The van der Waals surface area contributed by atoms with E-state index in [-0.39, 0.29) is 23.8 Å². The number of rotatable bonds is 10. The van der Waals surface area contributed by atoms with E-state index in [1.807, 2.05) is 0 Å². The normalized spacial score (nSPS) is 14.8. The number of nitrogens with one attached hydrogen (secondary N) is 3. The first-order valence-electron chi connectivity index (χ1n) is 12.3. The van der Waals surface area contributed by atoms with E-state index in [0.717, 1.165) is 0 Å². The van der Waals surface area contributed by atoms with E-state index in [4.69, 9.17) is 42.8 Å². The fourth-order valence-corrected chi connectivity index (χ4v) is 4.55. The number of halogens is 1. The third-order valence-electron chi connectivity index (χ3n) is 5.85. The van der Waals surface area contributed by atoms with Crippen molar-refractivity contribution in [3.05, 3.63) is 87.8 Å². The molecule has 4 N–H and O–H groups in total. The first-order valence-corrected chi connectivity index (χ1v) is 13.1. The summed E-state index contributed by atoms with van der Waals surface area (Å²) in [7, 11) is 0. The second-order valence-corrected chi connectivity index (χ2v) is 9.43. The van der Waals surface area contributed by atoms with Crippen molar-refractivity contribution in [2.24, 2.45) is 5.10 Å². The lowest BCUT2D eigenvalue weighted by Gasteiger charge is -2.30. The number of hydrogen-bond donors (Lipinski definition) is 4. The van der Waals surface area contributed by atoms with Gasteiger partial charge < -0.3 is 29.6 Å². The molecule has 2 aromatic carbocycles. The molecule has 1 aliphatic rings. The van der Waals surface area contributed by atoms with Crippen molar-refractivity contribution in [1.82, 2.24) is 16.1 Å². The number of allylic oxidation sites excluding steroid dienone is 1. The maximum atomic E-state index is 12.7. The molecule has 0 unspecified atom stereocenters. The van der Waals surface area contributed by atoms with Crippen LogP contribution in [0, 0.1) is 0 Å². The molecule has 0 saturated heterocycles. The third kappa shape index (κ3) is 7.10. The van der Waals surface area contributed by atoms with Crippen molar-refractivity contribution in [2.45, 2.75) is 19.9 Å². The Bertz CT molecular complexity index is 1570. The molecule has 0 fully saturated rings. The molecule has 0 saturated carbocycles. The van der Waals surface area contributed by atoms with Crippen molar-refractivity contribution >= 4 is 53.0 Å². The van der Waals surface area contributed by atoms with Gasteiger partial charge in [-0.05, 0) is 56.4 Å². The maximum absolute atomic E-state index is 12.7. The summed E-state index contributed by atoms with van der Waals surface area (Å²) in [6.45, 7) is 3.30. The molecule has 1 aromatic heterocycles. The Hall–Kier alpha value is -4.68. The SMILES string of the molecule is CCOC(=O)C1=C(C)NC(=S)N[C@H]1c1ccccc1OCC(=O)NN=Cc1ccc(-c2ccc(C(=O)O)c(Cl)c2)o1. The number of hydrogen-bond acceptors (Lipinski definition) is 8. The zero-order valence-electron chi connectivity index (χ0n) is 21.9. The van der Waals surface area contributed by atoms with E-state index < -0.39 is 23.9 Å². The molecule has 0 aliphatic carbocycles. The topological polar surface area (TPSA) is 151 Å². The van der Waals surface area contributed by atoms with E-state index in [0.29, 0.717) is 44.8 Å². The minimum atomic E-state index is -1.13. The number of benzene rings is 2. The van der Waals surface area contributed by atoms with Gasteiger partial charge in [-0.15, -0.1) is 0 Å². The summed E-state index contributed by atoms with van der Waals surface area (Å²) in [6.07, 6.45) is 1.31. The second kappa shape index (κ2) is 13.1. The number of ether oxygens (including phenoxy) is 2. The first kappa shape index (κ1) is 29.3. The largest absolute Gasteiger partial charge is 0.483 e. The molecule has 0 radical (unpaired) electrons. The van der Waals surface area contributed by atoms with Gasteiger partial charge in [-0.25, -0.2) is 15.0 Å². The van der Waals surface area contributed by atoms with Crippen LogP contribution in [0.1, 0.15) is 41.6 Å². The number of furan rings is 1. The van der Waals surface area contributed by atoms with E-state index in [9.17, 15) is 14.4 Å². The van der Waals surface area contributed by atoms with E-state index >= 15 is 0 Å². The highest BCUT2D eigenvalue weighted by molar-refractivity contribution is 7.80. The average molecular weight is 597 g/mol. The minimum Gasteiger partial charge on any atom is -0.483 e. The van der Waals surface area contributed by atoms with Crippen molar-refractivity contribution in [1.29, 1.82) is 0 Å². The lowest BCUT2D eigenvalue weighted by atomic mass is 9.95. The third-order valence-corrected chi connectivity index (χ3v) is 6.38. The fourth-order valence-electron chi connectivity index (χ4n) is 4.02. The molecule has 212 valence electrons. The molecular formula is C28H25ClN4O7S. The van der Waals surface area contributed by atoms with Gasteiger partial charge in [0.05, 0.1) is 35.0 Å². The van der Waals surface area contributed by atoms with Crippen molar-refractivity contribution in [2.75, 3.05) is 13.2 Å². The number of carbonyl (C=O) groups excluding carboxylic acids is 2. The molecule has 41 heavy (non-hydrogen) atoms. The van der Waals surface area contributed by atoms with Crippen LogP contribution in [0.25, 0.3) is 11.3 Å². The van der Waals surface area contributed by atoms with Gasteiger partial charge in [0.2, 0.25) is 0 Å². The quantitative estimate of drug-likeness (QED) is 0.116. The molecule has 11 nitrogen and oxygen atoms in total. The van der Waals surface area contributed by atoms with Gasteiger partial charge in [0.25, 0.3) is 5.91 Å². The maximum Gasteiger partial charge on any atom is 0.338 e. The van der Waals surface area contributed by atoms with Crippen LogP contribution < -0.4 is 20.8 Å². The summed E-state index contributed by atoms with van der Waals surface area (Å²) in [6, 6.07) is 14.1.